The van der Waals surface area contributed by atoms with Gasteiger partial charge in [0, 0.05) is 6.42 Å². The van der Waals surface area contributed by atoms with Crippen LogP contribution in [-0.4, -0.2) is 27.9 Å². The SMILES string of the molecule is CC(O)(CC=O)C(=O)Nc1cnc(C#N)c(C(F)(F)F)c1. The number of pyridine rings is 1. The van der Waals surface area contributed by atoms with Gasteiger partial charge in [-0.2, -0.15) is 18.4 Å². The molecule has 0 spiro atoms. The molecule has 1 atom stereocenters. The van der Waals surface area contributed by atoms with Crippen LogP contribution in [0.15, 0.2) is 12.3 Å². The van der Waals surface area contributed by atoms with Crippen LogP contribution in [0, 0.1) is 11.3 Å². The number of amides is 1. The number of nitrogens with zero attached hydrogens (tertiary/aromatic N) is 2. The van der Waals surface area contributed by atoms with Crippen LogP contribution in [0.3, 0.4) is 0 Å². The first-order valence-corrected chi connectivity index (χ1v) is 5.56. The van der Waals surface area contributed by atoms with Gasteiger partial charge in [0.1, 0.15) is 18.0 Å². The molecule has 21 heavy (non-hydrogen) atoms. The molecule has 112 valence electrons. The number of alkyl halides is 3. The normalized spacial score (nSPS) is 13.9. The van der Waals surface area contributed by atoms with Gasteiger partial charge in [0.05, 0.1) is 17.4 Å². The van der Waals surface area contributed by atoms with Gasteiger partial charge in [0.25, 0.3) is 5.91 Å². The maximum atomic E-state index is 12.7. The molecule has 0 saturated carbocycles. The van der Waals surface area contributed by atoms with Crippen molar-refractivity contribution in [2.24, 2.45) is 0 Å². The fraction of sp³-hybridized carbons (Fsp3) is 0.333. The van der Waals surface area contributed by atoms with Crippen LogP contribution in [0.5, 0.6) is 0 Å². The van der Waals surface area contributed by atoms with Gasteiger partial charge < -0.3 is 15.2 Å². The molecule has 0 fully saturated rings. The van der Waals surface area contributed by atoms with Gasteiger partial charge >= 0.3 is 6.18 Å². The van der Waals surface area contributed by atoms with Crippen LogP contribution < -0.4 is 5.32 Å². The molecule has 0 saturated heterocycles. The number of halogens is 3. The molecule has 6 nitrogen and oxygen atoms in total. The standard InChI is InChI=1S/C12H10F3N3O3/c1-11(21,2-3-19)10(20)18-7-4-8(12(13,14)15)9(5-16)17-6-7/h3-4,6,21H,2H2,1H3,(H,18,20). The highest BCUT2D eigenvalue weighted by Crippen LogP contribution is 2.32. The van der Waals surface area contributed by atoms with Gasteiger partial charge in [-0.05, 0) is 13.0 Å². The number of rotatable bonds is 4. The fourth-order valence-corrected chi connectivity index (χ4v) is 1.36. The van der Waals surface area contributed by atoms with E-state index in [1.165, 1.54) is 6.07 Å². The summed E-state index contributed by atoms with van der Waals surface area (Å²) in [5.74, 6) is -1.06. The first-order valence-electron chi connectivity index (χ1n) is 5.56. The highest BCUT2D eigenvalue weighted by molar-refractivity contribution is 5.98. The Balaban J connectivity index is 3.10. The van der Waals surface area contributed by atoms with E-state index < -0.39 is 35.4 Å². The summed E-state index contributed by atoms with van der Waals surface area (Å²) in [4.78, 5) is 25.3. The van der Waals surface area contributed by atoms with Crippen molar-refractivity contribution in [2.45, 2.75) is 25.1 Å². The van der Waals surface area contributed by atoms with E-state index in [4.69, 9.17) is 5.26 Å². The van der Waals surface area contributed by atoms with E-state index >= 15 is 0 Å². The van der Waals surface area contributed by atoms with Crippen molar-refractivity contribution in [3.8, 4) is 6.07 Å². The predicted octanol–water partition coefficient (Wildman–Crippen LogP) is 1.25. The lowest BCUT2D eigenvalue weighted by Crippen LogP contribution is -2.40. The highest BCUT2D eigenvalue weighted by Gasteiger charge is 2.35. The highest BCUT2D eigenvalue weighted by atomic mass is 19.4. The minimum atomic E-state index is -4.82. The number of carbonyl (C=O) groups excluding carboxylic acids is 2. The van der Waals surface area contributed by atoms with E-state index in [9.17, 15) is 27.9 Å². The summed E-state index contributed by atoms with van der Waals surface area (Å²) in [6.07, 6.45) is -4.18. The third-order valence-corrected chi connectivity index (χ3v) is 2.53. The molecule has 0 aliphatic carbocycles. The molecular weight excluding hydrogens is 291 g/mol. The number of aldehydes is 1. The lowest BCUT2D eigenvalue weighted by Gasteiger charge is -2.20. The molecule has 0 aromatic carbocycles. The maximum Gasteiger partial charge on any atom is 0.419 e. The molecule has 1 aromatic rings. The molecule has 0 aliphatic heterocycles. The molecule has 0 aliphatic rings. The summed E-state index contributed by atoms with van der Waals surface area (Å²) in [5.41, 5.74) is -4.55. The third kappa shape index (κ3) is 4.00. The number of carbonyl (C=O) groups is 2. The minimum Gasteiger partial charge on any atom is -0.380 e. The molecule has 1 heterocycles. The Bertz CT molecular complexity index is 606. The predicted molar refractivity (Wildman–Crippen MR) is 63.9 cm³/mol. The number of nitriles is 1. The summed E-state index contributed by atoms with van der Waals surface area (Å²) in [6.45, 7) is 1.04. The fourth-order valence-electron chi connectivity index (χ4n) is 1.36. The van der Waals surface area contributed by atoms with Gasteiger partial charge in [0.15, 0.2) is 5.69 Å². The topological polar surface area (TPSA) is 103 Å². The van der Waals surface area contributed by atoms with Crippen molar-refractivity contribution in [1.82, 2.24) is 4.98 Å². The maximum absolute atomic E-state index is 12.7. The van der Waals surface area contributed by atoms with Crippen molar-refractivity contribution >= 4 is 17.9 Å². The second-order valence-corrected chi connectivity index (χ2v) is 4.33. The van der Waals surface area contributed by atoms with Crippen molar-refractivity contribution in [1.29, 1.82) is 5.26 Å². The van der Waals surface area contributed by atoms with Crippen LogP contribution in [0.1, 0.15) is 24.6 Å². The summed E-state index contributed by atoms with van der Waals surface area (Å²) in [5, 5.41) is 20.2. The van der Waals surface area contributed by atoms with Crippen LogP contribution >= 0.6 is 0 Å². The third-order valence-electron chi connectivity index (χ3n) is 2.53. The Hall–Kier alpha value is -2.47. The van der Waals surface area contributed by atoms with Gasteiger partial charge in [-0.1, -0.05) is 0 Å². The average Bonchev–Trinajstić information content (AvgIpc) is 2.37. The van der Waals surface area contributed by atoms with Gasteiger partial charge in [-0.25, -0.2) is 4.98 Å². The molecule has 2 N–H and O–H groups in total. The summed E-state index contributed by atoms with van der Waals surface area (Å²) < 4.78 is 38.1. The van der Waals surface area contributed by atoms with E-state index in [1.807, 2.05) is 5.32 Å². The molecule has 9 heteroatoms. The van der Waals surface area contributed by atoms with E-state index in [2.05, 4.69) is 4.98 Å². The zero-order chi connectivity index (χ0) is 16.3. The smallest absolute Gasteiger partial charge is 0.380 e. The molecule has 1 unspecified atom stereocenters. The Morgan fingerprint density at radius 3 is 2.67 bits per heavy atom. The van der Waals surface area contributed by atoms with E-state index in [-0.39, 0.29) is 5.69 Å². The Morgan fingerprint density at radius 1 is 1.57 bits per heavy atom. The Labute approximate surface area is 117 Å². The van der Waals surface area contributed by atoms with Gasteiger partial charge in [-0.15, -0.1) is 0 Å². The monoisotopic (exact) mass is 301 g/mol. The molecule has 0 bridgehead atoms. The minimum absolute atomic E-state index is 0.303. The lowest BCUT2D eigenvalue weighted by atomic mass is 10.0. The van der Waals surface area contributed by atoms with Crippen molar-refractivity contribution in [3.05, 3.63) is 23.5 Å². The zero-order valence-corrected chi connectivity index (χ0v) is 10.7. The number of aromatic nitrogens is 1. The number of anilines is 1. The van der Waals surface area contributed by atoms with Crippen molar-refractivity contribution in [3.63, 3.8) is 0 Å². The van der Waals surface area contributed by atoms with E-state index in [1.54, 1.807) is 0 Å². The molecule has 1 amide bonds. The van der Waals surface area contributed by atoms with Crippen LogP contribution in [0.25, 0.3) is 0 Å². The summed E-state index contributed by atoms with van der Waals surface area (Å²) >= 11 is 0. The summed E-state index contributed by atoms with van der Waals surface area (Å²) in [6, 6.07) is 1.82. The van der Waals surface area contributed by atoms with Crippen molar-refractivity contribution in [2.75, 3.05) is 5.32 Å². The number of nitrogens with one attached hydrogen (secondary N) is 1. The lowest BCUT2D eigenvalue weighted by molar-refractivity contribution is -0.138. The second kappa shape index (κ2) is 5.88. The number of hydrogen-bond acceptors (Lipinski definition) is 5. The van der Waals surface area contributed by atoms with Crippen LogP contribution in [0.2, 0.25) is 0 Å². The molecule has 0 radical (unpaired) electrons. The largest absolute Gasteiger partial charge is 0.419 e. The average molecular weight is 301 g/mol. The summed E-state index contributed by atoms with van der Waals surface area (Å²) in [7, 11) is 0. The van der Waals surface area contributed by atoms with Crippen LogP contribution in [-0.2, 0) is 15.8 Å². The molecule has 1 aromatic heterocycles. The molecular formula is C12H10F3N3O3. The van der Waals surface area contributed by atoms with E-state index in [0.717, 1.165) is 13.1 Å². The Kier molecular flexibility index (Phi) is 4.65. The number of aliphatic hydroxyl groups is 1. The second-order valence-electron chi connectivity index (χ2n) is 4.33. The van der Waals surface area contributed by atoms with Gasteiger partial charge in [0.2, 0.25) is 0 Å². The van der Waals surface area contributed by atoms with Gasteiger partial charge in [-0.3, -0.25) is 4.79 Å². The van der Waals surface area contributed by atoms with Crippen LogP contribution in [0.4, 0.5) is 18.9 Å². The zero-order valence-electron chi connectivity index (χ0n) is 10.7. The molecule has 1 rings (SSSR count). The van der Waals surface area contributed by atoms with Crippen molar-refractivity contribution < 1.29 is 27.9 Å². The Morgan fingerprint density at radius 2 is 2.19 bits per heavy atom. The first kappa shape index (κ1) is 16.6. The van der Waals surface area contributed by atoms with E-state index in [0.29, 0.717) is 12.4 Å². The number of hydrogen-bond donors (Lipinski definition) is 2. The first-order chi connectivity index (χ1) is 9.61. The quantitative estimate of drug-likeness (QED) is 0.815.